The van der Waals surface area contributed by atoms with Crippen molar-refractivity contribution < 1.29 is 9.53 Å². The summed E-state index contributed by atoms with van der Waals surface area (Å²) in [6.45, 7) is 0. The van der Waals surface area contributed by atoms with Crippen LogP contribution in [0.15, 0.2) is 84.9 Å². The molecule has 2 N–H and O–H groups in total. The van der Waals surface area contributed by atoms with Gasteiger partial charge in [-0.25, -0.2) is 4.68 Å². The number of halogens is 1. The van der Waals surface area contributed by atoms with Gasteiger partial charge in [-0.1, -0.05) is 66.2 Å². The number of rotatable bonds is 5. The molecule has 8 heteroatoms. The summed E-state index contributed by atoms with van der Waals surface area (Å²) < 4.78 is 7.04. The minimum Gasteiger partial charge on any atom is -0.496 e. The third-order valence-electron chi connectivity index (χ3n) is 5.34. The summed E-state index contributed by atoms with van der Waals surface area (Å²) in [5.74, 6) is 0.834. The summed E-state index contributed by atoms with van der Waals surface area (Å²) in [4.78, 5) is 17.4. The number of allylic oxidation sites excluding steroid dienone is 1. The molecule has 0 saturated heterocycles. The Morgan fingerprint density at radius 1 is 1.03 bits per heavy atom. The number of fused-ring (bicyclic) bond motifs is 1. The number of methoxy groups -OCH3 is 1. The average Bonchev–Trinajstić information content (AvgIpc) is 3.26. The number of nitrogens with zero attached hydrogens (tertiary/aromatic N) is 3. The van der Waals surface area contributed by atoms with Gasteiger partial charge in [0.15, 0.2) is 0 Å². The molecular weight excluding hydrogens is 438 g/mol. The smallest absolute Gasteiger partial charge is 0.261 e. The van der Waals surface area contributed by atoms with Gasteiger partial charge in [0.25, 0.3) is 11.9 Å². The Hall–Kier alpha value is -4.10. The lowest BCUT2D eigenvalue weighted by Gasteiger charge is -2.24. The van der Waals surface area contributed by atoms with Crippen molar-refractivity contribution in [3.05, 3.63) is 107 Å². The molecule has 1 amide bonds. The van der Waals surface area contributed by atoms with E-state index in [1.165, 1.54) is 7.11 Å². The number of carbonyl (C=O) groups excluding carboxylic acids is 1. The van der Waals surface area contributed by atoms with Crippen molar-refractivity contribution in [1.29, 1.82) is 0 Å². The normalized spacial score (nSPS) is 14.6. The number of carbonyl (C=O) groups is 1. The minimum absolute atomic E-state index is 0.190. The number of nitrogens with one attached hydrogen (secondary N) is 2. The van der Waals surface area contributed by atoms with Crippen LogP contribution in [0.3, 0.4) is 0 Å². The van der Waals surface area contributed by atoms with E-state index in [-0.39, 0.29) is 17.9 Å². The van der Waals surface area contributed by atoms with E-state index in [0.717, 1.165) is 16.8 Å². The highest BCUT2D eigenvalue weighted by Gasteiger charge is 2.26. The Bertz CT molecular complexity index is 1330. The van der Waals surface area contributed by atoms with Crippen LogP contribution in [0.25, 0.3) is 5.70 Å². The zero-order chi connectivity index (χ0) is 22.8. The SMILES string of the molecule is COc1ccccc1C(=O)Nc1nc2n(n1)[C@@H](c1ccc(Cl)cc1)C=C(c1ccccc1)N2. The molecule has 7 nitrogen and oxygen atoms in total. The monoisotopic (exact) mass is 457 g/mol. The van der Waals surface area contributed by atoms with Crippen LogP contribution in [0.1, 0.15) is 27.5 Å². The van der Waals surface area contributed by atoms with Gasteiger partial charge in [-0.2, -0.15) is 4.98 Å². The number of ether oxygens (including phenoxy) is 1. The second kappa shape index (κ2) is 8.80. The van der Waals surface area contributed by atoms with Gasteiger partial charge in [-0.3, -0.25) is 10.1 Å². The van der Waals surface area contributed by atoms with E-state index >= 15 is 0 Å². The van der Waals surface area contributed by atoms with Crippen molar-refractivity contribution in [2.24, 2.45) is 0 Å². The summed E-state index contributed by atoms with van der Waals surface area (Å²) in [5, 5.41) is 11.3. The van der Waals surface area contributed by atoms with Gasteiger partial charge in [0.1, 0.15) is 11.8 Å². The molecule has 0 bridgehead atoms. The fourth-order valence-corrected chi connectivity index (χ4v) is 3.86. The molecule has 1 atom stereocenters. The average molecular weight is 458 g/mol. The standard InChI is InChI=1S/C25H20ClN5O2/c1-33-22-10-6-5-9-19(22)23(32)28-24-29-25-27-20(16-7-3-2-4-8-16)15-21(31(25)30-24)17-11-13-18(26)14-12-17/h2-15,21H,1H3,(H2,27,28,29,30,32)/t21-/m1/s1. The first-order valence-electron chi connectivity index (χ1n) is 10.3. The van der Waals surface area contributed by atoms with Gasteiger partial charge in [0, 0.05) is 10.7 Å². The Morgan fingerprint density at radius 3 is 2.52 bits per heavy atom. The Morgan fingerprint density at radius 2 is 1.76 bits per heavy atom. The van der Waals surface area contributed by atoms with Gasteiger partial charge in [0.05, 0.1) is 12.7 Å². The van der Waals surface area contributed by atoms with Crippen LogP contribution in [0.5, 0.6) is 5.75 Å². The topological polar surface area (TPSA) is 81.1 Å². The summed E-state index contributed by atoms with van der Waals surface area (Å²) in [6, 6.07) is 24.3. The second-order valence-corrected chi connectivity index (χ2v) is 7.86. The molecule has 3 aromatic carbocycles. The van der Waals surface area contributed by atoms with Crippen LogP contribution in [-0.2, 0) is 0 Å². The lowest BCUT2D eigenvalue weighted by atomic mass is 10.0. The number of anilines is 2. The maximum absolute atomic E-state index is 12.9. The number of para-hydroxylation sites is 1. The van der Waals surface area contributed by atoms with E-state index in [1.807, 2.05) is 54.6 Å². The van der Waals surface area contributed by atoms with E-state index in [1.54, 1.807) is 28.9 Å². The lowest BCUT2D eigenvalue weighted by molar-refractivity contribution is 0.102. The van der Waals surface area contributed by atoms with Crippen LogP contribution in [0.4, 0.5) is 11.9 Å². The summed E-state index contributed by atoms with van der Waals surface area (Å²) in [7, 11) is 1.52. The van der Waals surface area contributed by atoms with E-state index in [0.29, 0.717) is 22.3 Å². The Kier molecular flexibility index (Phi) is 5.54. The molecule has 0 fully saturated rings. The molecule has 0 saturated carbocycles. The predicted molar refractivity (Wildman–Crippen MR) is 129 cm³/mol. The first kappa shape index (κ1) is 20.8. The zero-order valence-electron chi connectivity index (χ0n) is 17.7. The van der Waals surface area contributed by atoms with Gasteiger partial charge in [-0.15, -0.1) is 5.10 Å². The van der Waals surface area contributed by atoms with Crippen molar-refractivity contribution in [1.82, 2.24) is 14.8 Å². The Labute approximate surface area is 195 Å². The molecule has 0 unspecified atom stereocenters. The van der Waals surface area contributed by atoms with Crippen molar-refractivity contribution in [2.75, 3.05) is 17.7 Å². The molecule has 1 aliphatic rings. The molecule has 5 rings (SSSR count). The lowest BCUT2D eigenvalue weighted by Crippen LogP contribution is -2.20. The van der Waals surface area contributed by atoms with Gasteiger partial charge in [-0.05, 0) is 41.5 Å². The van der Waals surface area contributed by atoms with Gasteiger partial charge < -0.3 is 10.1 Å². The maximum Gasteiger partial charge on any atom is 0.261 e. The van der Waals surface area contributed by atoms with E-state index in [4.69, 9.17) is 16.3 Å². The number of benzene rings is 3. The summed E-state index contributed by atoms with van der Waals surface area (Å²) >= 11 is 6.10. The predicted octanol–water partition coefficient (Wildman–Crippen LogP) is 5.25. The third-order valence-corrected chi connectivity index (χ3v) is 5.59. The van der Waals surface area contributed by atoms with Crippen molar-refractivity contribution in [2.45, 2.75) is 6.04 Å². The number of amides is 1. The number of hydrogen-bond donors (Lipinski definition) is 2. The highest BCUT2D eigenvalue weighted by molar-refractivity contribution is 6.30. The fraction of sp³-hybridized carbons (Fsp3) is 0.0800. The van der Waals surface area contributed by atoms with E-state index in [9.17, 15) is 4.79 Å². The quantitative estimate of drug-likeness (QED) is 0.428. The molecule has 0 aliphatic carbocycles. The van der Waals surface area contributed by atoms with Gasteiger partial charge >= 0.3 is 0 Å². The third kappa shape index (κ3) is 4.18. The largest absolute Gasteiger partial charge is 0.496 e. The molecule has 4 aromatic rings. The molecule has 33 heavy (non-hydrogen) atoms. The van der Waals surface area contributed by atoms with E-state index < -0.39 is 0 Å². The Balaban J connectivity index is 1.51. The molecule has 164 valence electrons. The van der Waals surface area contributed by atoms with Crippen molar-refractivity contribution in [3.63, 3.8) is 0 Å². The molecule has 0 radical (unpaired) electrons. The van der Waals surface area contributed by atoms with E-state index in [2.05, 4.69) is 26.8 Å². The molecular formula is C25H20ClN5O2. The second-order valence-electron chi connectivity index (χ2n) is 7.43. The first-order chi connectivity index (χ1) is 16.1. The first-order valence-corrected chi connectivity index (χ1v) is 10.7. The number of hydrogen-bond acceptors (Lipinski definition) is 5. The van der Waals surface area contributed by atoms with Gasteiger partial charge in [0.2, 0.25) is 5.95 Å². The van der Waals surface area contributed by atoms with Crippen LogP contribution in [0, 0.1) is 0 Å². The summed E-state index contributed by atoms with van der Waals surface area (Å²) in [6.07, 6.45) is 2.08. The molecule has 1 aromatic heterocycles. The van der Waals surface area contributed by atoms with Crippen molar-refractivity contribution >= 4 is 35.1 Å². The fourth-order valence-electron chi connectivity index (χ4n) is 3.73. The molecule has 2 heterocycles. The highest BCUT2D eigenvalue weighted by atomic mass is 35.5. The minimum atomic E-state index is -0.352. The van der Waals surface area contributed by atoms with Crippen LogP contribution >= 0.6 is 11.6 Å². The van der Waals surface area contributed by atoms with Crippen LogP contribution < -0.4 is 15.4 Å². The van der Waals surface area contributed by atoms with Crippen LogP contribution in [-0.4, -0.2) is 27.8 Å². The zero-order valence-corrected chi connectivity index (χ0v) is 18.5. The molecule has 1 aliphatic heterocycles. The van der Waals surface area contributed by atoms with Crippen LogP contribution in [0.2, 0.25) is 5.02 Å². The molecule has 0 spiro atoms. The highest BCUT2D eigenvalue weighted by Crippen LogP contribution is 2.33. The summed E-state index contributed by atoms with van der Waals surface area (Å²) in [5.41, 5.74) is 3.31. The van der Waals surface area contributed by atoms with Crippen molar-refractivity contribution in [3.8, 4) is 5.75 Å². The number of aromatic nitrogens is 3. The maximum atomic E-state index is 12.9.